The molecule has 1 heterocycles. The Hall–Kier alpha value is -2.86. The van der Waals surface area contributed by atoms with Crippen molar-refractivity contribution in [1.82, 2.24) is 4.90 Å². The zero-order chi connectivity index (χ0) is 20.1. The second-order valence-corrected chi connectivity index (χ2v) is 6.80. The van der Waals surface area contributed by atoms with E-state index in [4.69, 9.17) is 0 Å². The molecule has 0 saturated heterocycles. The summed E-state index contributed by atoms with van der Waals surface area (Å²) in [5, 5.41) is 9.27. The minimum absolute atomic E-state index is 0.298. The van der Waals surface area contributed by atoms with Gasteiger partial charge in [0, 0.05) is 36.2 Å². The SMILES string of the molecule is CCN(CC)CCNc1ccc(N/C=C2/C(=O)Nc3cccc(F)c32)cc1C. The van der Waals surface area contributed by atoms with Gasteiger partial charge < -0.3 is 20.9 Å². The first-order valence-electron chi connectivity index (χ1n) is 9.67. The largest absolute Gasteiger partial charge is 0.384 e. The van der Waals surface area contributed by atoms with Crippen LogP contribution in [-0.2, 0) is 4.79 Å². The molecule has 0 spiro atoms. The van der Waals surface area contributed by atoms with Gasteiger partial charge in [-0.2, -0.15) is 0 Å². The van der Waals surface area contributed by atoms with E-state index in [1.807, 2.05) is 25.1 Å². The first-order chi connectivity index (χ1) is 13.5. The zero-order valence-corrected chi connectivity index (χ0v) is 16.6. The molecule has 0 aromatic heterocycles. The summed E-state index contributed by atoms with van der Waals surface area (Å²) >= 11 is 0. The van der Waals surface area contributed by atoms with E-state index in [-0.39, 0.29) is 5.91 Å². The van der Waals surface area contributed by atoms with E-state index < -0.39 is 5.82 Å². The van der Waals surface area contributed by atoms with E-state index in [1.165, 1.54) is 6.07 Å². The van der Waals surface area contributed by atoms with Crippen molar-refractivity contribution < 1.29 is 9.18 Å². The number of benzene rings is 2. The lowest BCUT2D eigenvalue weighted by atomic mass is 10.1. The molecule has 6 heteroatoms. The van der Waals surface area contributed by atoms with E-state index in [1.54, 1.807) is 18.3 Å². The van der Waals surface area contributed by atoms with Crippen LogP contribution in [0.5, 0.6) is 0 Å². The lowest BCUT2D eigenvalue weighted by molar-refractivity contribution is -0.110. The molecule has 1 amide bonds. The summed E-state index contributed by atoms with van der Waals surface area (Å²) in [7, 11) is 0. The summed E-state index contributed by atoms with van der Waals surface area (Å²) in [5.74, 6) is -0.716. The predicted molar refractivity (Wildman–Crippen MR) is 114 cm³/mol. The second kappa shape index (κ2) is 8.89. The average Bonchev–Trinajstić information content (AvgIpc) is 3.01. The molecule has 3 N–H and O–H groups in total. The number of amides is 1. The molecule has 0 atom stereocenters. The lowest BCUT2D eigenvalue weighted by Crippen LogP contribution is -2.28. The minimum Gasteiger partial charge on any atom is -0.384 e. The van der Waals surface area contributed by atoms with Crippen molar-refractivity contribution in [2.45, 2.75) is 20.8 Å². The number of fused-ring (bicyclic) bond motifs is 1. The summed E-state index contributed by atoms with van der Waals surface area (Å²) in [6, 6.07) is 10.6. The van der Waals surface area contributed by atoms with Gasteiger partial charge in [-0.05, 0) is 55.9 Å². The summed E-state index contributed by atoms with van der Waals surface area (Å²) in [6.45, 7) is 10.3. The molecular formula is C22H27FN4O. The number of nitrogens with one attached hydrogen (secondary N) is 3. The highest BCUT2D eigenvalue weighted by molar-refractivity contribution is 6.31. The number of hydrogen-bond donors (Lipinski definition) is 3. The molecule has 2 aromatic carbocycles. The second-order valence-electron chi connectivity index (χ2n) is 6.80. The van der Waals surface area contributed by atoms with E-state index >= 15 is 0 Å². The van der Waals surface area contributed by atoms with Gasteiger partial charge in [0.25, 0.3) is 5.91 Å². The third-order valence-electron chi connectivity index (χ3n) is 5.02. The Bertz CT molecular complexity index is 890. The highest BCUT2D eigenvalue weighted by Gasteiger charge is 2.27. The zero-order valence-electron chi connectivity index (χ0n) is 16.6. The van der Waals surface area contributed by atoms with Gasteiger partial charge in [0.05, 0.1) is 11.3 Å². The molecule has 28 heavy (non-hydrogen) atoms. The topological polar surface area (TPSA) is 56.4 Å². The number of halogens is 1. The summed E-state index contributed by atoms with van der Waals surface area (Å²) < 4.78 is 14.1. The third-order valence-corrected chi connectivity index (χ3v) is 5.02. The molecule has 0 fully saturated rings. The Labute approximate surface area is 165 Å². The molecule has 0 unspecified atom stereocenters. The van der Waals surface area contributed by atoms with Crippen molar-refractivity contribution in [2.24, 2.45) is 0 Å². The van der Waals surface area contributed by atoms with Gasteiger partial charge in [0.2, 0.25) is 0 Å². The maximum atomic E-state index is 14.1. The van der Waals surface area contributed by atoms with Crippen LogP contribution in [-0.4, -0.2) is 37.0 Å². The van der Waals surface area contributed by atoms with Gasteiger partial charge in [-0.1, -0.05) is 19.9 Å². The molecule has 5 nitrogen and oxygen atoms in total. The van der Waals surface area contributed by atoms with Crippen LogP contribution >= 0.6 is 0 Å². The van der Waals surface area contributed by atoms with Crippen molar-refractivity contribution in [1.29, 1.82) is 0 Å². The quantitative estimate of drug-likeness (QED) is 0.596. The van der Waals surface area contributed by atoms with E-state index in [0.29, 0.717) is 16.8 Å². The molecule has 0 aliphatic carbocycles. The smallest absolute Gasteiger partial charge is 0.257 e. The maximum absolute atomic E-state index is 14.1. The van der Waals surface area contributed by atoms with Gasteiger partial charge in [-0.3, -0.25) is 4.79 Å². The fourth-order valence-corrected chi connectivity index (χ4v) is 3.34. The van der Waals surface area contributed by atoms with Crippen LogP contribution in [0.25, 0.3) is 5.57 Å². The molecule has 2 aromatic rings. The van der Waals surface area contributed by atoms with Crippen LogP contribution in [0.2, 0.25) is 0 Å². The van der Waals surface area contributed by atoms with E-state index in [2.05, 4.69) is 34.7 Å². The molecule has 0 saturated carbocycles. The van der Waals surface area contributed by atoms with Gasteiger partial charge >= 0.3 is 0 Å². The number of carbonyl (C=O) groups excluding carboxylic acids is 1. The molecule has 1 aliphatic rings. The number of anilines is 3. The standard InChI is InChI=1S/C22H27FN4O/c1-4-27(5-2)12-11-24-19-10-9-16(13-15(19)3)25-14-17-21-18(23)7-6-8-20(21)26-22(17)28/h6-10,13-14,24-25H,4-5,11-12H2,1-3H3,(H,26,28)/b17-14+. The van der Waals surface area contributed by atoms with Crippen LogP contribution in [0.3, 0.4) is 0 Å². The number of carbonyl (C=O) groups is 1. The molecule has 3 rings (SSSR count). The van der Waals surface area contributed by atoms with E-state index in [9.17, 15) is 9.18 Å². The van der Waals surface area contributed by atoms with Gasteiger partial charge in [-0.25, -0.2) is 4.39 Å². The highest BCUT2D eigenvalue weighted by Crippen LogP contribution is 2.33. The Morgan fingerprint density at radius 3 is 2.68 bits per heavy atom. The highest BCUT2D eigenvalue weighted by atomic mass is 19.1. The monoisotopic (exact) mass is 382 g/mol. The van der Waals surface area contributed by atoms with Gasteiger partial charge in [-0.15, -0.1) is 0 Å². The fraction of sp³-hybridized carbons (Fsp3) is 0.318. The van der Waals surface area contributed by atoms with Crippen LogP contribution < -0.4 is 16.0 Å². The molecule has 1 aliphatic heterocycles. The van der Waals surface area contributed by atoms with Crippen LogP contribution in [0.4, 0.5) is 21.5 Å². The van der Waals surface area contributed by atoms with Crippen molar-refractivity contribution in [2.75, 3.05) is 42.1 Å². The Morgan fingerprint density at radius 1 is 1.18 bits per heavy atom. The number of likely N-dealkylation sites (N-methyl/N-ethyl adjacent to an activating group) is 1. The normalized spacial score (nSPS) is 14.3. The van der Waals surface area contributed by atoms with Crippen LogP contribution in [0.1, 0.15) is 25.0 Å². The van der Waals surface area contributed by atoms with Crippen molar-refractivity contribution >= 4 is 28.5 Å². The first kappa shape index (κ1) is 19.9. The Kier molecular flexibility index (Phi) is 6.31. The summed E-state index contributed by atoms with van der Waals surface area (Å²) in [5.41, 5.74) is 4.14. The lowest BCUT2D eigenvalue weighted by Gasteiger charge is -2.19. The Balaban J connectivity index is 1.67. The first-order valence-corrected chi connectivity index (χ1v) is 9.67. The van der Waals surface area contributed by atoms with Crippen LogP contribution in [0.15, 0.2) is 42.6 Å². The minimum atomic E-state index is -0.409. The van der Waals surface area contributed by atoms with Crippen molar-refractivity contribution in [3.63, 3.8) is 0 Å². The van der Waals surface area contributed by atoms with Gasteiger partial charge in [0.1, 0.15) is 5.82 Å². The number of nitrogens with zero attached hydrogens (tertiary/aromatic N) is 1. The van der Waals surface area contributed by atoms with Crippen molar-refractivity contribution in [3.8, 4) is 0 Å². The Morgan fingerprint density at radius 2 is 1.96 bits per heavy atom. The molecule has 0 radical (unpaired) electrons. The van der Waals surface area contributed by atoms with Gasteiger partial charge in [0.15, 0.2) is 0 Å². The number of hydrogen-bond acceptors (Lipinski definition) is 4. The maximum Gasteiger partial charge on any atom is 0.257 e. The molecular weight excluding hydrogens is 355 g/mol. The van der Waals surface area contributed by atoms with Crippen molar-refractivity contribution in [3.05, 3.63) is 59.5 Å². The van der Waals surface area contributed by atoms with E-state index in [0.717, 1.165) is 43.1 Å². The average molecular weight is 382 g/mol. The summed E-state index contributed by atoms with van der Waals surface area (Å²) in [4.78, 5) is 14.5. The predicted octanol–water partition coefficient (Wildman–Crippen LogP) is 4.29. The number of rotatable bonds is 8. The number of aryl methyl sites for hydroxylation is 1. The third kappa shape index (κ3) is 4.34. The summed E-state index contributed by atoms with van der Waals surface area (Å²) in [6.07, 6.45) is 1.56. The molecule has 0 bridgehead atoms. The fourth-order valence-electron chi connectivity index (χ4n) is 3.34. The van der Waals surface area contributed by atoms with Crippen LogP contribution in [0, 0.1) is 12.7 Å². The molecule has 148 valence electrons.